The maximum atomic E-state index is 5.94. The predicted molar refractivity (Wildman–Crippen MR) is 86.5 cm³/mol. The Morgan fingerprint density at radius 3 is 2.63 bits per heavy atom. The SMILES string of the molecule is S=C(NCCc1cc(Cl)cc(Cl)c1)Nc1nccs1. The van der Waals surface area contributed by atoms with Crippen LogP contribution in [0.3, 0.4) is 0 Å². The minimum Gasteiger partial charge on any atom is -0.362 e. The quantitative estimate of drug-likeness (QED) is 0.831. The van der Waals surface area contributed by atoms with E-state index in [9.17, 15) is 0 Å². The van der Waals surface area contributed by atoms with Crippen molar-refractivity contribution >= 4 is 57.0 Å². The number of benzene rings is 1. The molecule has 0 spiro atoms. The molecule has 100 valence electrons. The minimum absolute atomic E-state index is 0.558. The second-order valence-electron chi connectivity index (χ2n) is 3.75. The van der Waals surface area contributed by atoms with E-state index in [-0.39, 0.29) is 0 Å². The maximum Gasteiger partial charge on any atom is 0.188 e. The Balaban J connectivity index is 1.78. The van der Waals surface area contributed by atoms with Gasteiger partial charge in [-0.15, -0.1) is 11.3 Å². The molecule has 0 bridgehead atoms. The van der Waals surface area contributed by atoms with Gasteiger partial charge in [0.05, 0.1) is 0 Å². The number of thiazole rings is 1. The van der Waals surface area contributed by atoms with Crippen molar-refractivity contribution in [3.05, 3.63) is 45.4 Å². The van der Waals surface area contributed by atoms with Gasteiger partial charge in [0.2, 0.25) is 0 Å². The van der Waals surface area contributed by atoms with Gasteiger partial charge < -0.3 is 10.6 Å². The molecule has 0 amide bonds. The Labute approximate surface area is 131 Å². The molecule has 0 aliphatic rings. The molecule has 0 aliphatic carbocycles. The van der Waals surface area contributed by atoms with E-state index >= 15 is 0 Å². The lowest BCUT2D eigenvalue weighted by Gasteiger charge is -2.08. The number of hydrogen-bond donors (Lipinski definition) is 2. The average molecular weight is 332 g/mol. The standard InChI is InChI=1S/C12H11Cl2N3S2/c13-9-5-8(6-10(14)7-9)1-2-15-11(18)17-12-16-3-4-19-12/h3-7H,1-2H2,(H2,15,16,17,18). The van der Waals surface area contributed by atoms with Gasteiger partial charge in [0, 0.05) is 28.2 Å². The Morgan fingerprint density at radius 2 is 2.00 bits per heavy atom. The van der Waals surface area contributed by atoms with Crippen molar-refractivity contribution in [1.82, 2.24) is 10.3 Å². The minimum atomic E-state index is 0.558. The molecule has 2 aromatic rings. The maximum absolute atomic E-state index is 5.94. The highest BCUT2D eigenvalue weighted by Gasteiger charge is 2.01. The highest BCUT2D eigenvalue weighted by molar-refractivity contribution is 7.80. The molecule has 0 saturated heterocycles. The third-order valence-electron chi connectivity index (χ3n) is 2.27. The van der Waals surface area contributed by atoms with Gasteiger partial charge in [-0.1, -0.05) is 23.2 Å². The van der Waals surface area contributed by atoms with E-state index in [1.807, 2.05) is 17.5 Å². The van der Waals surface area contributed by atoms with Crippen LogP contribution in [0.25, 0.3) is 0 Å². The van der Waals surface area contributed by atoms with Crippen LogP contribution in [0.15, 0.2) is 29.8 Å². The summed E-state index contributed by atoms with van der Waals surface area (Å²) in [4.78, 5) is 4.09. The lowest BCUT2D eigenvalue weighted by atomic mass is 10.1. The third-order valence-corrected chi connectivity index (χ3v) is 3.65. The molecule has 2 N–H and O–H groups in total. The Bertz CT molecular complexity index is 538. The number of halogens is 2. The number of nitrogens with zero attached hydrogens (tertiary/aromatic N) is 1. The lowest BCUT2D eigenvalue weighted by Crippen LogP contribution is -2.30. The van der Waals surface area contributed by atoms with Gasteiger partial charge in [-0.3, -0.25) is 0 Å². The molecule has 0 saturated carbocycles. The molecule has 7 heteroatoms. The summed E-state index contributed by atoms with van der Waals surface area (Å²) in [6.07, 6.45) is 2.52. The predicted octanol–water partition coefficient (Wildman–Crippen LogP) is 3.98. The molecular weight excluding hydrogens is 321 g/mol. The summed E-state index contributed by atoms with van der Waals surface area (Å²) >= 11 is 18.5. The van der Waals surface area contributed by atoms with Crippen molar-refractivity contribution in [3.8, 4) is 0 Å². The zero-order valence-corrected chi connectivity index (χ0v) is 13.0. The average Bonchev–Trinajstić information content (AvgIpc) is 2.80. The van der Waals surface area contributed by atoms with Crippen LogP contribution in [-0.4, -0.2) is 16.6 Å². The van der Waals surface area contributed by atoms with Crippen LogP contribution in [0.2, 0.25) is 10.0 Å². The first-order valence-corrected chi connectivity index (χ1v) is 7.57. The molecule has 2 rings (SSSR count). The molecule has 0 radical (unpaired) electrons. The third kappa shape index (κ3) is 4.95. The van der Waals surface area contributed by atoms with Crippen LogP contribution in [0.1, 0.15) is 5.56 Å². The summed E-state index contributed by atoms with van der Waals surface area (Å²) in [6, 6.07) is 5.51. The normalized spacial score (nSPS) is 10.2. The van der Waals surface area contributed by atoms with Crippen LogP contribution < -0.4 is 10.6 Å². The number of nitrogens with one attached hydrogen (secondary N) is 2. The fraction of sp³-hybridized carbons (Fsp3) is 0.167. The topological polar surface area (TPSA) is 37.0 Å². The van der Waals surface area contributed by atoms with E-state index in [0.29, 0.717) is 21.7 Å². The second-order valence-corrected chi connectivity index (χ2v) is 5.92. The van der Waals surface area contributed by atoms with E-state index in [0.717, 1.165) is 17.1 Å². The first-order chi connectivity index (χ1) is 9.13. The van der Waals surface area contributed by atoms with E-state index < -0.39 is 0 Å². The van der Waals surface area contributed by atoms with Crippen LogP contribution >= 0.6 is 46.8 Å². The van der Waals surface area contributed by atoms with Gasteiger partial charge in [0.25, 0.3) is 0 Å². The molecule has 1 aromatic carbocycles. The fourth-order valence-corrected chi connectivity index (χ4v) is 2.87. The van der Waals surface area contributed by atoms with Gasteiger partial charge in [-0.2, -0.15) is 0 Å². The summed E-state index contributed by atoms with van der Waals surface area (Å²) in [5.74, 6) is 0. The van der Waals surface area contributed by atoms with Gasteiger partial charge in [-0.25, -0.2) is 4.98 Å². The smallest absolute Gasteiger partial charge is 0.188 e. The first-order valence-electron chi connectivity index (χ1n) is 5.53. The number of rotatable bonds is 4. The lowest BCUT2D eigenvalue weighted by molar-refractivity contribution is 0.873. The van der Waals surface area contributed by atoms with Crippen LogP contribution in [0, 0.1) is 0 Å². The summed E-state index contributed by atoms with van der Waals surface area (Å²) in [5.41, 5.74) is 1.07. The van der Waals surface area contributed by atoms with Gasteiger partial charge in [0.15, 0.2) is 10.2 Å². The summed E-state index contributed by atoms with van der Waals surface area (Å²) < 4.78 is 0. The van der Waals surface area contributed by atoms with Crippen molar-refractivity contribution in [1.29, 1.82) is 0 Å². The van der Waals surface area contributed by atoms with E-state index in [1.54, 1.807) is 12.3 Å². The van der Waals surface area contributed by atoms with Crippen LogP contribution in [-0.2, 0) is 6.42 Å². The Hall–Kier alpha value is -0.880. The van der Waals surface area contributed by atoms with Crippen molar-refractivity contribution < 1.29 is 0 Å². The number of aromatic nitrogens is 1. The molecule has 0 aliphatic heterocycles. The van der Waals surface area contributed by atoms with Crippen molar-refractivity contribution in [2.75, 3.05) is 11.9 Å². The monoisotopic (exact) mass is 331 g/mol. The summed E-state index contributed by atoms with van der Waals surface area (Å²) in [6.45, 7) is 0.702. The Morgan fingerprint density at radius 1 is 1.26 bits per heavy atom. The van der Waals surface area contributed by atoms with E-state index in [2.05, 4.69) is 15.6 Å². The molecule has 0 fully saturated rings. The van der Waals surface area contributed by atoms with Crippen molar-refractivity contribution in [2.45, 2.75) is 6.42 Å². The fourth-order valence-electron chi connectivity index (χ4n) is 1.50. The van der Waals surface area contributed by atoms with E-state index in [1.165, 1.54) is 11.3 Å². The molecule has 3 nitrogen and oxygen atoms in total. The van der Waals surface area contributed by atoms with Gasteiger partial charge >= 0.3 is 0 Å². The number of anilines is 1. The zero-order chi connectivity index (χ0) is 13.7. The Kier molecular flexibility index (Phi) is 5.39. The molecule has 1 aromatic heterocycles. The highest BCUT2D eigenvalue weighted by Crippen LogP contribution is 2.19. The van der Waals surface area contributed by atoms with Crippen LogP contribution in [0.5, 0.6) is 0 Å². The summed E-state index contributed by atoms with van der Waals surface area (Å²) in [7, 11) is 0. The highest BCUT2D eigenvalue weighted by atomic mass is 35.5. The van der Waals surface area contributed by atoms with E-state index in [4.69, 9.17) is 35.4 Å². The molecule has 1 heterocycles. The summed E-state index contributed by atoms with van der Waals surface area (Å²) in [5, 5.41) is 10.6. The molecule has 0 unspecified atom stereocenters. The van der Waals surface area contributed by atoms with Crippen LogP contribution in [0.4, 0.5) is 5.13 Å². The molecular formula is C12H11Cl2N3S2. The number of hydrogen-bond acceptors (Lipinski definition) is 3. The van der Waals surface area contributed by atoms with Crippen molar-refractivity contribution in [3.63, 3.8) is 0 Å². The molecule has 0 atom stereocenters. The van der Waals surface area contributed by atoms with Gasteiger partial charge in [-0.05, 0) is 42.4 Å². The van der Waals surface area contributed by atoms with Crippen molar-refractivity contribution in [2.24, 2.45) is 0 Å². The first kappa shape index (κ1) is 14.5. The second kappa shape index (κ2) is 7.05. The number of thiocarbonyl (C=S) groups is 1. The zero-order valence-electron chi connectivity index (χ0n) is 9.82. The van der Waals surface area contributed by atoms with Gasteiger partial charge in [0.1, 0.15) is 0 Å². The molecule has 19 heavy (non-hydrogen) atoms. The largest absolute Gasteiger partial charge is 0.362 e.